The van der Waals surface area contributed by atoms with Crippen LogP contribution in [0, 0.1) is 11.6 Å². The Labute approximate surface area is 123 Å². The quantitative estimate of drug-likeness (QED) is 0.866. The van der Waals surface area contributed by atoms with E-state index in [1.54, 1.807) is 12.3 Å². The lowest BCUT2D eigenvalue weighted by Crippen LogP contribution is -2.19. The van der Waals surface area contributed by atoms with E-state index in [1.165, 1.54) is 6.07 Å². The third-order valence-corrected chi connectivity index (χ3v) is 3.07. The van der Waals surface area contributed by atoms with E-state index >= 15 is 0 Å². The predicted octanol–water partition coefficient (Wildman–Crippen LogP) is 4.21. The van der Waals surface area contributed by atoms with Crippen LogP contribution in [0.4, 0.5) is 8.78 Å². The second-order valence-electron chi connectivity index (χ2n) is 4.78. The SMILES string of the molecule is CCCNC(C)c1ccnc(Oc2ccc(F)cc2F)c1. The van der Waals surface area contributed by atoms with Gasteiger partial charge in [-0.3, -0.25) is 0 Å². The van der Waals surface area contributed by atoms with Gasteiger partial charge in [0.25, 0.3) is 0 Å². The molecule has 2 rings (SSSR count). The van der Waals surface area contributed by atoms with Crippen LogP contribution in [0.25, 0.3) is 0 Å². The molecule has 1 N–H and O–H groups in total. The number of nitrogens with zero attached hydrogens (tertiary/aromatic N) is 1. The molecule has 1 heterocycles. The minimum absolute atomic E-state index is 0.0461. The fourth-order valence-electron chi connectivity index (χ4n) is 1.90. The van der Waals surface area contributed by atoms with Gasteiger partial charge in [-0.25, -0.2) is 13.8 Å². The Hall–Kier alpha value is -2.01. The van der Waals surface area contributed by atoms with E-state index < -0.39 is 11.6 Å². The maximum Gasteiger partial charge on any atom is 0.219 e. The number of pyridine rings is 1. The molecule has 0 fully saturated rings. The van der Waals surface area contributed by atoms with Crippen molar-refractivity contribution in [3.8, 4) is 11.6 Å². The van der Waals surface area contributed by atoms with E-state index in [0.29, 0.717) is 0 Å². The molecule has 0 saturated heterocycles. The molecule has 21 heavy (non-hydrogen) atoms. The highest BCUT2D eigenvalue weighted by atomic mass is 19.1. The van der Waals surface area contributed by atoms with E-state index in [2.05, 4.69) is 17.2 Å². The first-order valence-corrected chi connectivity index (χ1v) is 6.92. The van der Waals surface area contributed by atoms with Crippen LogP contribution in [-0.2, 0) is 0 Å². The van der Waals surface area contributed by atoms with Crippen molar-refractivity contribution in [2.75, 3.05) is 6.54 Å². The first kappa shape index (κ1) is 15.4. The number of ether oxygens (including phenoxy) is 1. The van der Waals surface area contributed by atoms with Crippen LogP contribution < -0.4 is 10.1 Å². The summed E-state index contributed by atoms with van der Waals surface area (Å²) in [5.74, 6) is -1.16. The van der Waals surface area contributed by atoms with Crippen molar-refractivity contribution in [3.63, 3.8) is 0 Å². The normalized spacial score (nSPS) is 12.2. The maximum absolute atomic E-state index is 13.6. The number of halogens is 2. The highest BCUT2D eigenvalue weighted by Gasteiger charge is 2.09. The van der Waals surface area contributed by atoms with Gasteiger partial charge in [0, 0.05) is 24.4 Å². The van der Waals surface area contributed by atoms with Crippen molar-refractivity contribution in [3.05, 3.63) is 53.7 Å². The summed E-state index contributed by atoms with van der Waals surface area (Å²) < 4.78 is 31.8. The molecule has 0 aliphatic carbocycles. The average molecular weight is 292 g/mol. The van der Waals surface area contributed by atoms with E-state index in [1.807, 2.05) is 13.0 Å². The Bertz CT molecular complexity index is 605. The summed E-state index contributed by atoms with van der Waals surface area (Å²) >= 11 is 0. The van der Waals surface area contributed by atoms with Gasteiger partial charge < -0.3 is 10.1 Å². The summed E-state index contributed by atoms with van der Waals surface area (Å²) in [6, 6.07) is 6.95. The van der Waals surface area contributed by atoms with Crippen LogP contribution in [0.1, 0.15) is 31.9 Å². The first-order valence-electron chi connectivity index (χ1n) is 6.92. The molecule has 1 aromatic carbocycles. The Morgan fingerprint density at radius 3 is 2.76 bits per heavy atom. The number of hydrogen-bond donors (Lipinski definition) is 1. The molecule has 0 bridgehead atoms. The number of rotatable bonds is 6. The Morgan fingerprint density at radius 1 is 1.24 bits per heavy atom. The van der Waals surface area contributed by atoms with Gasteiger partial charge >= 0.3 is 0 Å². The second kappa shape index (κ2) is 7.13. The number of aromatic nitrogens is 1. The van der Waals surface area contributed by atoms with Crippen LogP contribution in [-0.4, -0.2) is 11.5 Å². The fourth-order valence-corrected chi connectivity index (χ4v) is 1.90. The molecule has 5 heteroatoms. The molecule has 1 aromatic heterocycles. The van der Waals surface area contributed by atoms with Gasteiger partial charge in [-0.1, -0.05) is 6.92 Å². The lowest BCUT2D eigenvalue weighted by atomic mass is 10.1. The molecule has 0 saturated carbocycles. The number of hydrogen-bond acceptors (Lipinski definition) is 3. The van der Waals surface area contributed by atoms with Crippen LogP contribution in [0.3, 0.4) is 0 Å². The summed E-state index contributed by atoms with van der Waals surface area (Å²) in [6.07, 6.45) is 2.65. The number of benzene rings is 1. The Kier molecular flexibility index (Phi) is 5.22. The summed E-state index contributed by atoms with van der Waals surface area (Å²) in [6.45, 7) is 5.04. The van der Waals surface area contributed by atoms with Gasteiger partial charge in [-0.15, -0.1) is 0 Å². The molecule has 1 atom stereocenters. The summed E-state index contributed by atoms with van der Waals surface area (Å²) in [5.41, 5.74) is 0.996. The zero-order chi connectivity index (χ0) is 15.2. The van der Waals surface area contributed by atoms with Gasteiger partial charge in [0.15, 0.2) is 11.6 Å². The van der Waals surface area contributed by atoms with E-state index in [4.69, 9.17) is 4.74 Å². The van der Waals surface area contributed by atoms with Crippen molar-refractivity contribution < 1.29 is 13.5 Å². The van der Waals surface area contributed by atoms with Crippen molar-refractivity contribution in [1.82, 2.24) is 10.3 Å². The van der Waals surface area contributed by atoms with Gasteiger partial charge in [0.1, 0.15) is 5.82 Å². The second-order valence-corrected chi connectivity index (χ2v) is 4.78. The minimum atomic E-state index is -0.751. The van der Waals surface area contributed by atoms with E-state index in [9.17, 15) is 8.78 Å². The van der Waals surface area contributed by atoms with Crippen LogP contribution in [0.15, 0.2) is 36.5 Å². The molecule has 3 nitrogen and oxygen atoms in total. The lowest BCUT2D eigenvalue weighted by molar-refractivity contribution is 0.422. The summed E-state index contributed by atoms with van der Waals surface area (Å²) in [7, 11) is 0. The summed E-state index contributed by atoms with van der Waals surface area (Å²) in [5, 5.41) is 3.35. The zero-order valence-corrected chi connectivity index (χ0v) is 12.1. The van der Waals surface area contributed by atoms with Gasteiger partial charge in [0.2, 0.25) is 5.88 Å². The third-order valence-electron chi connectivity index (χ3n) is 3.07. The molecular weight excluding hydrogens is 274 g/mol. The van der Waals surface area contributed by atoms with E-state index in [-0.39, 0.29) is 17.7 Å². The Balaban J connectivity index is 2.13. The third kappa shape index (κ3) is 4.23. The highest BCUT2D eigenvalue weighted by Crippen LogP contribution is 2.25. The van der Waals surface area contributed by atoms with Crippen molar-refractivity contribution in [2.45, 2.75) is 26.3 Å². The molecule has 2 aromatic rings. The van der Waals surface area contributed by atoms with Crippen molar-refractivity contribution in [2.24, 2.45) is 0 Å². The fraction of sp³-hybridized carbons (Fsp3) is 0.312. The monoisotopic (exact) mass is 292 g/mol. The topological polar surface area (TPSA) is 34.2 Å². The zero-order valence-electron chi connectivity index (χ0n) is 12.1. The smallest absolute Gasteiger partial charge is 0.219 e. The molecule has 0 spiro atoms. The van der Waals surface area contributed by atoms with Gasteiger partial charge in [-0.2, -0.15) is 0 Å². The van der Waals surface area contributed by atoms with Crippen molar-refractivity contribution in [1.29, 1.82) is 0 Å². The Morgan fingerprint density at radius 2 is 2.05 bits per heavy atom. The van der Waals surface area contributed by atoms with Crippen LogP contribution in [0.2, 0.25) is 0 Å². The highest BCUT2D eigenvalue weighted by molar-refractivity contribution is 5.31. The van der Waals surface area contributed by atoms with Gasteiger partial charge in [-0.05, 0) is 43.7 Å². The predicted molar refractivity (Wildman–Crippen MR) is 77.4 cm³/mol. The van der Waals surface area contributed by atoms with Gasteiger partial charge in [0.05, 0.1) is 0 Å². The molecule has 0 aliphatic rings. The standard InChI is InChI=1S/C16H18F2N2O/c1-3-7-19-11(2)12-6-8-20-16(9-12)21-15-5-4-13(17)10-14(15)18/h4-6,8-11,19H,3,7H2,1-2H3. The first-order chi connectivity index (χ1) is 10.1. The molecule has 0 radical (unpaired) electrons. The number of nitrogens with one attached hydrogen (secondary N) is 1. The molecule has 1 unspecified atom stereocenters. The maximum atomic E-state index is 13.6. The molecule has 112 valence electrons. The molecule has 0 amide bonds. The summed E-state index contributed by atoms with van der Waals surface area (Å²) in [4.78, 5) is 4.05. The molecule has 0 aliphatic heterocycles. The van der Waals surface area contributed by atoms with Crippen LogP contribution in [0.5, 0.6) is 11.6 Å². The van der Waals surface area contributed by atoms with E-state index in [0.717, 1.165) is 30.7 Å². The van der Waals surface area contributed by atoms with Crippen LogP contribution >= 0.6 is 0 Å². The van der Waals surface area contributed by atoms with Crippen molar-refractivity contribution >= 4 is 0 Å². The average Bonchev–Trinajstić information content (AvgIpc) is 2.48. The largest absolute Gasteiger partial charge is 0.436 e. The minimum Gasteiger partial charge on any atom is -0.436 e. The lowest BCUT2D eigenvalue weighted by Gasteiger charge is -2.14. The molecular formula is C16H18F2N2O.